The Labute approximate surface area is 143 Å². The van der Waals surface area contributed by atoms with Crippen LogP contribution in [0.25, 0.3) is 0 Å². The minimum Gasteiger partial charge on any atom is -0.339 e. The van der Waals surface area contributed by atoms with Gasteiger partial charge in [-0.15, -0.1) is 5.10 Å². The lowest BCUT2D eigenvalue weighted by atomic mass is 10.3. The molecule has 0 aliphatic heterocycles. The molecular weight excluding hydrogens is 387 g/mol. The van der Waals surface area contributed by atoms with Gasteiger partial charge in [-0.2, -0.15) is 10.1 Å². The van der Waals surface area contributed by atoms with Crippen molar-refractivity contribution in [2.24, 2.45) is 0 Å². The molecule has 3 aromatic rings. The zero-order valence-electron chi connectivity index (χ0n) is 11.9. The number of hydrogen-bond donors (Lipinski definition) is 2. The first-order chi connectivity index (χ1) is 11.5. The number of anilines is 4. The summed E-state index contributed by atoms with van der Waals surface area (Å²) in [6, 6.07) is 9.18. The van der Waals surface area contributed by atoms with Crippen molar-refractivity contribution >= 4 is 39.1 Å². The molecule has 24 heavy (non-hydrogen) atoms. The quantitative estimate of drug-likeness (QED) is 0.635. The van der Waals surface area contributed by atoms with Crippen molar-refractivity contribution in [3.05, 3.63) is 64.5 Å². The molecule has 0 saturated heterocycles. The molecule has 0 bridgehead atoms. The summed E-state index contributed by atoms with van der Waals surface area (Å²) in [6.45, 7) is 0. The van der Waals surface area contributed by atoms with E-state index in [0.717, 1.165) is 22.3 Å². The van der Waals surface area contributed by atoms with Gasteiger partial charge in [-0.3, -0.25) is 0 Å². The summed E-state index contributed by atoms with van der Waals surface area (Å²) in [5, 5.41) is 12.9. The summed E-state index contributed by atoms with van der Waals surface area (Å²) in [5.74, 6) is -3.93. The van der Waals surface area contributed by atoms with Crippen LogP contribution in [0.1, 0.15) is 0 Å². The van der Waals surface area contributed by atoms with Gasteiger partial charge in [-0.05, 0) is 30.3 Å². The van der Waals surface area contributed by atoms with Crippen molar-refractivity contribution in [3.63, 3.8) is 0 Å². The fraction of sp³-hybridized carbons (Fsp3) is 0. The molecule has 0 atom stereocenters. The normalized spacial score (nSPS) is 10.5. The van der Waals surface area contributed by atoms with Gasteiger partial charge in [0.1, 0.15) is 0 Å². The lowest BCUT2D eigenvalue weighted by Crippen LogP contribution is -2.05. The number of benzene rings is 2. The average molecular weight is 396 g/mol. The van der Waals surface area contributed by atoms with Crippen molar-refractivity contribution in [2.45, 2.75) is 0 Å². The number of aromatic nitrogens is 3. The monoisotopic (exact) mass is 395 g/mol. The number of halogens is 4. The van der Waals surface area contributed by atoms with Gasteiger partial charge in [0.05, 0.1) is 11.9 Å². The van der Waals surface area contributed by atoms with Gasteiger partial charge in [0, 0.05) is 10.2 Å². The van der Waals surface area contributed by atoms with E-state index in [9.17, 15) is 13.2 Å². The average Bonchev–Trinajstić information content (AvgIpc) is 2.56. The molecule has 2 N–H and O–H groups in total. The Hall–Kier alpha value is -2.68. The minimum atomic E-state index is -1.57. The van der Waals surface area contributed by atoms with Crippen molar-refractivity contribution in [1.82, 2.24) is 15.2 Å². The summed E-state index contributed by atoms with van der Waals surface area (Å²) in [4.78, 5) is 4.09. The van der Waals surface area contributed by atoms with Crippen LogP contribution >= 0.6 is 15.9 Å². The fourth-order valence-electron chi connectivity index (χ4n) is 1.87. The number of hydrogen-bond acceptors (Lipinski definition) is 5. The van der Waals surface area contributed by atoms with Crippen molar-refractivity contribution in [1.29, 1.82) is 0 Å². The number of rotatable bonds is 4. The maximum atomic E-state index is 13.7. The first-order valence-corrected chi connectivity index (χ1v) is 7.45. The highest BCUT2D eigenvalue weighted by Crippen LogP contribution is 2.23. The molecule has 1 aromatic heterocycles. The van der Waals surface area contributed by atoms with Crippen LogP contribution in [0.15, 0.2) is 47.1 Å². The maximum absolute atomic E-state index is 13.7. The molecule has 0 radical (unpaired) electrons. The number of nitrogens with zero attached hydrogens (tertiary/aromatic N) is 3. The second-order valence-corrected chi connectivity index (χ2v) is 5.56. The summed E-state index contributed by atoms with van der Waals surface area (Å²) in [7, 11) is 0. The van der Waals surface area contributed by atoms with Crippen LogP contribution in [-0.2, 0) is 0 Å². The Morgan fingerprint density at radius 3 is 2.58 bits per heavy atom. The minimum absolute atomic E-state index is 0.0695. The SMILES string of the molecule is Fc1ccc(Nc2nncc(Nc3cccc(Br)c3)n2)c(F)c1F. The van der Waals surface area contributed by atoms with E-state index < -0.39 is 17.5 Å². The second kappa shape index (κ2) is 6.83. The van der Waals surface area contributed by atoms with Crippen LogP contribution in [0, 0.1) is 17.5 Å². The first kappa shape index (κ1) is 16.2. The molecule has 0 amide bonds. The molecule has 0 fully saturated rings. The van der Waals surface area contributed by atoms with Gasteiger partial charge in [0.15, 0.2) is 23.3 Å². The maximum Gasteiger partial charge on any atom is 0.249 e. The van der Waals surface area contributed by atoms with Crippen LogP contribution in [-0.4, -0.2) is 15.2 Å². The van der Waals surface area contributed by atoms with Gasteiger partial charge in [-0.25, -0.2) is 13.2 Å². The molecule has 0 aliphatic rings. The summed E-state index contributed by atoms with van der Waals surface area (Å²) in [5.41, 5.74) is 0.449. The smallest absolute Gasteiger partial charge is 0.249 e. The van der Waals surface area contributed by atoms with Crippen LogP contribution < -0.4 is 10.6 Å². The molecular formula is C15H9BrF3N5. The fourth-order valence-corrected chi connectivity index (χ4v) is 2.27. The standard InChI is InChI=1S/C15H9BrF3N5/c16-8-2-1-3-9(6-8)21-12-7-20-24-15(23-12)22-11-5-4-10(17)13(18)14(11)19/h1-7H,(H2,21,22,23,24). The third kappa shape index (κ3) is 3.62. The molecule has 2 aromatic carbocycles. The van der Waals surface area contributed by atoms with Crippen LogP contribution in [0.2, 0.25) is 0 Å². The van der Waals surface area contributed by atoms with E-state index in [1.54, 1.807) is 0 Å². The summed E-state index contributed by atoms with van der Waals surface area (Å²) >= 11 is 3.35. The molecule has 9 heteroatoms. The molecule has 0 spiro atoms. The summed E-state index contributed by atoms with van der Waals surface area (Å²) < 4.78 is 40.7. The third-order valence-electron chi connectivity index (χ3n) is 2.94. The highest BCUT2D eigenvalue weighted by molar-refractivity contribution is 9.10. The molecule has 0 unspecified atom stereocenters. The largest absolute Gasteiger partial charge is 0.339 e. The highest BCUT2D eigenvalue weighted by atomic mass is 79.9. The Morgan fingerprint density at radius 2 is 1.79 bits per heavy atom. The molecule has 0 saturated carbocycles. The Bertz CT molecular complexity index is 891. The zero-order chi connectivity index (χ0) is 17.1. The first-order valence-electron chi connectivity index (χ1n) is 6.66. The molecule has 122 valence electrons. The van der Waals surface area contributed by atoms with Crippen LogP contribution in [0.3, 0.4) is 0 Å². The van der Waals surface area contributed by atoms with Crippen molar-refractivity contribution < 1.29 is 13.2 Å². The van der Waals surface area contributed by atoms with Gasteiger partial charge >= 0.3 is 0 Å². The van der Waals surface area contributed by atoms with Crippen LogP contribution in [0.5, 0.6) is 0 Å². The van der Waals surface area contributed by atoms with Gasteiger partial charge in [-0.1, -0.05) is 22.0 Å². The Balaban J connectivity index is 1.82. The molecule has 1 heterocycles. The van der Waals surface area contributed by atoms with E-state index in [0.29, 0.717) is 5.82 Å². The predicted octanol–water partition coefficient (Wildman–Crippen LogP) is 4.54. The summed E-state index contributed by atoms with van der Waals surface area (Å²) in [6.07, 6.45) is 1.37. The van der Waals surface area contributed by atoms with Gasteiger partial charge in [0.25, 0.3) is 0 Å². The van der Waals surface area contributed by atoms with E-state index in [4.69, 9.17) is 0 Å². The zero-order valence-corrected chi connectivity index (χ0v) is 13.5. The predicted molar refractivity (Wildman–Crippen MR) is 86.9 cm³/mol. The van der Waals surface area contributed by atoms with E-state index in [-0.39, 0.29) is 11.6 Å². The van der Waals surface area contributed by atoms with E-state index in [1.165, 1.54) is 6.20 Å². The third-order valence-corrected chi connectivity index (χ3v) is 3.43. The number of nitrogens with one attached hydrogen (secondary N) is 2. The molecule has 3 rings (SSSR count). The van der Waals surface area contributed by atoms with Gasteiger partial charge in [0.2, 0.25) is 5.95 Å². The Morgan fingerprint density at radius 1 is 0.958 bits per heavy atom. The van der Waals surface area contributed by atoms with E-state index >= 15 is 0 Å². The molecule has 5 nitrogen and oxygen atoms in total. The lowest BCUT2D eigenvalue weighted by molar-refractivity contribution is 0.449. The highest BCUT2D eigenvalue weighted by Gasteiger charge is 2.14. The van der Waals surface area contributed by atoms with E-state index in [1.807, 2.05) is 24.3 Å². The Kier molecular flexibility index (Phi) is 4.61. The molecule has 0 aliphatic carbocycles. The topological polar surface area (TPSA) is 62.7 Å². The van der Waals surface area contributed by atoms with E-state index in [2.05, 4.69) is 41.7 Å². The van der Waals surface area contributed by atoms with Gasteiger partial charge < -0.3 is 10.6 Å². The lowest BCUT2D eigenvalue weighted by Gasteiger charge is -2.09. The van der Waals surface area contributed by atoms with Crippen molar-refractivity contribution in [3.8, 4) is 0 Å². The van der Waals surface area contributed by atoms with Crippen LogP contribution in [0.4, 0.5) is 36.3 Å². The second-order valence-electron chi connectivity index (χ2n) is 4.65. The van der Waals surface area contributed by atoms with Crippen molar-refractivity contribution in [2.75, 3.05) is 10.6 Å².